The molecule has 0 atom stereocenters. The van der Waals surface area contributed by atoms with E-state index in [1.165, 1.54) is 155 Å². The molecule has 0 aromatic heterocycles. The first-order valence-corrected chi connectivity index (χ1v) is 21.3. The summed E-state index contributed by atoms with van der Waals surface area (Å²) in [6, 6.07) is 38.1. The Morgan fingerprint density at radius 2 is 0.937 bits per heavy atom. The van der Waals surface area contributed by atoms with E-state index in [1.807, 2.05) is 18.2 Å². The first-order valence-electron chi connectivity index (χ1n) is 21.3. The summed E-state index contributed by atoms with van der Waals surface area (Å²) in [6.45, 7) is 2.25. The number of rotatable bonds is 20. The lowest BCUT2D eigenvalue weighted by Gasteiger charge is -2.10. The van der Waals surface area contributed by atoms with Crippen LogP contribution in [0.2, 0.25) is 0 Å². The quantitative estimate of drug-likeness (QED) is 0.0419. The largest absolute Gasteiger partial charge is 0.423 e. The number of nitrogens with zero attached hydrogens (tertiary/aromatic N) is 1. The molecule has 0 aliphatic heterocycles. The number of aryl methyl sites for hydroxylation is 1. The molecule has 6 rings (SSSR count). The Hall–Kier alpha value is -7.38. The lowest BCUT2D eigenvalue weighted by atomic mass is 10.00. The van der Waals surface area contributed by atoms with E-state index in [0.717, 1.165) is 23.6 Å². The van der Waals surface area contributed by atoms with Crippen molar-refractivity contribution in [2.24, 2.45) is 0 Å². The zero-order valence-electron chi connectivity index (χ0n) is 35.1. The predicted molar refractivity (Wildman–Crippen MR) is 238 cm³/mol. The van der Waals surface area contributed by atoms with Crippen molar-refractivity contribution >= 4 is 23.9 Å². The molecule has 320 valence electrons. The Morgan fingerprint density at radius 3 is 1.51 bits per heavy atom. The van der Waals surface area contributed by atoms with Crippen LogP contribution in [0, 0.1) is 17.1 Å². The Morgan fingerprint density at radius 1 is 0.476 bits per heavy atom. The molecule has 0 aliphatic rings. The van der Waals surface area contributed by atoms with Crippen LogP contribution in [0.25, 0.3) is 11.1 Å². The van der Waals surface area contributed by atoms with Gasteiger partial charge in [-0.25, -0.2) is 23.6 Å². The summed E-state index contributed by atoms with van der Waals surface area (Å²) < 4.78 is 36.6. The molecule has 0 saturated heterocycles. The Labute approximate surface area is 367 Å². The van der Waals surface area contributed by atoms with E-state index in [9.17, 15) is 19.2 Å². The molecule has 63 heavy (non-hydrogen) atoms. The highest BCUT2D eigenvalue weighted by Crippen LogP contribution is 2.25. The zero-order valence-corrected chi connectivity index (χ0v) is 35.1. The molecule has 6 aromatic carbocycles. The van der Waals surface area contributed by atoms with Gasteiger partial charge in [0.1, 0.15) is 17.2 Å². The van der Waals surface area contributed by atoms with Crippen LogP contribution in [0.5, 0.6) is 23.0 Å². The molecule has 0 fully saturated rings. The predicted octanol–water partition coefficient (Wildman–Crippen LogP) is 12.7. The van der Waals surface area contributed by atoms with Gasteiger partial charge in [0.15, 0.2) is 11.6 Å². The van der Waals surface area contributed by atoms with Crippen LogP contribution in [-0.4, -0.2) is 23.9 Å². The topological polar surface area (TPSA) is 129 Å². The van der Waals surface area contributed by atoms with Gasteiger partial charge < -0.3 is 18.9 Å². The Bertz CT molecular complexity index is 2530. The van der Waals surface area contributed by atoms with E-state index in [0.29, 0.717) is 5.56 Å². The van der Waals surface area contributed by atoms with Crippen LogP contribution < -0.4 is 18.9 Å². The number of hydrogen-bond acceptors (Lipinski definition) is 9. The van der Waals surface area contributed by atoms with Gasteiger partial charge in [-0.3, -0.25) is 0 Å². The van der Waals surface area contributed by atoms with Crippen LogP contribution in [0.1, 0.15) is 124 Å². The van der Waals surface area contributed by atoms with Crippen molar-refractivity contribution in [2.75, 3.05) is 0 Å². The number of benzene rings is 6. The summed E-state index contributed by atoms with van der Waals surface area (Å²) in [5, 5.41) is 8.93. The number of nitriles is 1. The fourth-order valence-electron chi connectivity index (χ4n) is 6.79. The molecule has 0 bridgehead atoms. The number of esters is 4. The summed E-state index contributed by atoms with van der Waals surface area (Å²) >= 11 is 0. The SMILES string of the molecule is CCCCCCCCCCCCc1ccc(-c2ccc(C(=O)Oc3ccc(C(=O)Oc4cccc(C(=O)Oc5ccc(C(=O)Oc6ccc(C#N)cc6)cc5)c4)cc3F)cc2)cc1. The van der Waals surface area contributed by atoms with Crippen LogP contribution in [0.4, 0.5) is 4.39 Å². The number of unbranched alkanes of at least 4 members (excludes halogenated alkanes) is 9. The van der Waals surface area contributed by atoms with Crippen LogP contribution >= 0.6 is 0 Å². The van der Waals surface area contributed by atoms with Crippen LogP contribution in [-0.2, 0) is 6.42 Å². The minimum absolute atomic E-state index is 0.00464. The van der Waals surface area contributed by atoms with Crippen molar-refractivity contribution in [1.29, 1.82) is 5.26 Å². The molecule has 6 aromatic rings. The maximum atomic E-state index is 15.1. The molecule has 0 saturated carbocycles. The lowest BCUT2D eigenvalue weighted by Crippen LogP contribution is -2.13. The maximum Gasteiger partial charge on any atom is 0.343 e. The van der Waals surface area contributed by atoms with E-state index in [4.69, 9.17) is 24.2 Å². The third kappa shape index (κ3) is 13.6. The van der Waals surface area contributed by atoms with Gasteiger partial charge in [0.2, 0.25) is 0 Å². The van der Waals surface area contributed by atoms with E-state index >= 15 is 4.39 Å². The average Bonchev–Trinajstić information content (AvgIpc) is 3.31. The number of carbonyl (C=O) groups excluding carboxylic acids is 4. The summed E-state index contributed by atoms with van der Waals surface area (Å²) in [5.74, 6) is -3.99. The average molecular weight is 846 g/mol. The summed E-state index contributed by atoms with van der Waals surface area (Å²) in [4.78, 5) is 51.3. The monoisotopic (exact) mass is 845 g/mol. The normalized spacial score (nSPS) is 10.7. The van der Waals surface area contributed by atoms with Crippen LogP contribution in [0.15, 0.2) is 140 Å². The molecule has 9 nitrogen and oxygen atoms in total. The van der Waals surface area contributed by atoms with Gasteiger partial charge >= 0.3 is 23.9 Å². The maximum absolute atomic E-state index is 15.1. The van der Waals surface area contributed by atoms with Gasteiger partial charge in [0.25, 0.3) is 0 Å². The molecule has 0 aliphatic carbocycles. The first-order chi connectivity index (χ1) is 30.7. The highest BCUT2D eigenvalue weighted by atomic mass is 19.1. The second kappa shape index (κ2) is 23.0. The molecule has 0 heterocycles. The number of halogens is 1. The third-order valence-electron chi connectivity index (χ3n) is 10.4. The van der Waals surface area contributed by atoms with Gasteiger partial charge in [-0.15, -0.1) is 0 Å². The Balaban J connectivity index is 0.948. The number of carbonyl (C=O) groups is 4. The smallest absolute Gasteiger partial charge is 0.343 e. The van der Waals surface area contributed by atoms with Gasteiger partial charge in [-0.2, -0.15) is 5.26 Å². The van der Waals surface area contributed by atoms with Crippen molar-refractivity contribution in [3.63, 3.8) is 0 Å². The fourth-order valence-corrected chi connectivity index (χ4v) is 6.79. The van der Waals surface area contributed by atoms with Crippen molar-refractivity contribution in [3.05, 3.63) is 179 Å². The second-order valence-corrected chi connectivity index (χ2v) is 15.1. The fraction of sp³-hybridized carbons (Fsp3) is 0.226. The van der Waals surface area contributed by atoms with Crippen molar-refractivity contribution in [3.8, 4) is 40.2 Å². The number of ether oxygens (including phenoxy) is 4. The molecule has 0 amide bonds. The van der Waals surface area contributed by atoms with E-state index in [-0.39, 0.29) is 45.3 Å². The minimum Gasteiger partial charge on any atom is -0.423 e. The summed E-state index contributed by atoms with van der Waals surface area (Å²) in [7, 11) is 0. The van der Waals surface area contributed by atoms with Crippen molar-refractivity contribution in [2.45, 2.75) is 77.6 Å². The standard InChI is InChI=1S/C53H48FNO8/c1-2-3-4-5-6-7-8-9-10-11-13-37-16-20-39(21-17-37)40-22-24-41(25-23-40)51(57)63-49-33-28-44(35-48(49)54)53(59)62-47-15-12-14-43(34-47)52(58)61-46-31-26-42(27-32-46)50(56)60-45-29-18-38(36-55)19-30-45/h12,14-35H,2-11,13H2,1H3. The molecular weight excluding hydrogens is 798 g/mol. The number of hydrogen-bond donors (Lipinski definition) is 0. The molecule has 0 spiro atoms. The third-order valence-corrected chi connectivity index (χ3v) is 10.4. The minimum atomic E-state index is -0.946. The molecular formula is C53H48FNO8. The van der Waals surface area contributed by atoms with Crippen molar-refractivity contribution in [1.82, 2.24) is 0 Å². The molecule has 10 heteroatoms. The van der Waals surface area contributed by atoms with E-state index in [2.05, 4.69) is 31.2 Å². The molecule has 0 radical (unpaired) electrons. The highest BCUT2D eigenvalue weighted by molar-refractivity contribution is 5.95. The first kappa shape index (κ1) is 45.2. The lowest BCUT2D eigenvalue weighted by molar-refractivity contribution is 0.0711. The van der Waals surface area contributed by atoms with Gasteiger partial charge in [0.05, 0.1) is 33.9 Å². The summed E-state index contributed by atoms with van der Waals surface area (Å²) in [5.41, 5.74) is 4.02. The zero-order chi connectivity index (χ0) is 44.4. The van der Waals surface area contributed by atoms with Gasteiger partial charge in [-0.1, -0.05) is 107 Å². The molecule has 0 N–H and O–H groups in total. The van der Waals surface area contributed by atoms with Gasteiger partial charge in [0, 0.05) is 0 Å². The van der Waals surface area contributed by atoms with Gasteiger partial charge in [-0.05, 0) is 127 Å². The molecule has 0 unspecified atom stereocenters. The summed E-state index contributed by atoms with van der Waals surface area (Å²) in [6.07, 6.45) is 14.2. The van der Waals surface area contributed by atoms with E-state index < -0.39 is 29.7 Å². The van der Waals surface area contributed by atoms with E-state index in [1.54, 1.807) is 12.1 Å². The second-order valence-electron chi connectivity index (χ2n) is 15.1. The van der Waals surface area contributed by atoms with Crippen LogP contribution in [0.3, 0.4) is 0 Å². The Kier molecular flexibility index (Phi) is 16.5. The highest BCUT2D eigenvalue weighted by Gasteiger charge is 2.18. The van der Waals surface area contributed by atoms with Crippen molar-refractivity contribution < 1.29 is 42.5 Å².